The molecule has 0 atom stereocenters. The van der Waals surface area contributed by atoms with E-state index in [1.54, 1.807) is 0 Å². The highest BCUT2D eigenvalue weighted by atomic mass is 35.5. The molecule has 0 aromatic carbocycles. The maximum atomic E-state index is 12.2. The number of carbonyl (C=O) groups is 1. The number of likely N-dealkylation sites (tertiary alicyclic amines) is 1. The van der Waals surface area contributed by atoms with Crippen molar-refractivity contribution in [1.82, 2.24) is 15.3 Å². The molecule has 23 heavy (non-hydrogen) atoms. The Kier molecular flexibility index (Phi) is 6.47. The molecule has 1 aliphatic rings. The first-order chi connectivity index (χ1) is 10.9. The molecule has 0 unspecified atom stereocenters. The van der Waals surface area contributed by atoms with E-state index in [-0.39, 0.29) is 26.6 Å². The second-order valence-corrected chi connectivity index (χ2v) is 6.37. The zero-order chi connectivity index (χ0) is 17.0. The third kappa shape index (κ3) is 4.47. The summed E-state index contributed by atoms with van der Waals surface area (Å²) in [5, 5.41) is 4.08. The number of amides is 1. The summed E-state index contributed by atoms with van der Waals surface area (Å²) < 4.78 is 0. The van der Waals surface area contributed by atoms with Gasteiger partial charge in [0.25, 0.3) is 5.91 Å². The Hall–Kier alpha value is -1.08. The highest BCUT2D eigenvalue weighted by Crippen LogP contribution is 2.34. The lowest BCUT2D eigenvalue weighted by atomic mass is 10.1. The van der Waals surface area contributed by atoms with E-state index in [9.17, 15) is 4.79 Å². The fourth-order valence-corrected chi connectivity index (χ4v) is 2.92. The number of hydrazone groups is 1. The number of nitrogen functional groups attached to an aromatic ring is 1. The van der Waals surface area contributed by atoms with Crippen LogP contribution in [0.4, 0.5) is 5.69 Å². The molecule has 1 saturated heterocycles. The van der Waals surface area contributed by atoms with Crippen molar-refractivity contribution in [2.45, 2.75) is 26.2 Å². The average molecular weight is 379 g/mol. The van der Waals surface area contributed by atoms with Crippen LogP contribution in [-0.4, -0.2) is 41.1 Å². The predicted molar refractivity (Wildman–Crippen MR) is 94.5 cm³/mol. The molecule has 0 radical (unpaired) electrons. The van der Waals surface area contributed by atoms with Crippen molar-refractivity contribution >= 4 is 52.1 Å². The molecule has 1 aromatic heterocycles. The zero-order valence-electron chi connectivity index (χ0n) is 12.7. The zero-order valence-corrected chi connectivity index (χ0v) is 15.0. The molecule has 2 rings (SSSR count). The van der Waals surface area contributed by atoms with E-state index in [0.717, 1.165) is 44.6 Å². The van der Waals surface area contributed by atoms with Gasteiger partial charge in [-0.1, -0.05) is 41.7 Å². The van der Waals surface area contributed by atoms with Crippen LogP contribution in [-0.2, 0) is 0 Å². The molecule has 1 fully saturated rings. The largest absolute Gasteiger partial charge is 0.396 e. The van der Waals surface area contributed by atoms with E-state index in [2.05, 4.69) is 27.3 Å². The van der Waals surface area contributed by atoms with Gasteiger partial charge in [0.05, 0.1) is 10.7 Å². The lowest BCUT2D eigenvalue weighted by Gasteiger charge is -2.26. The second kappa shape index (κ2) is 8.15. The summed E-state index contributed by atoms with van der Waals surface area (Å²) >= 11 is 17.7. The standard InChI is InChI=1S/C14H18Cl3N5O/c1-2-5-22-6-3-8(4-7-22)20-21-14(23)12-9(15)11(18)10(16)13(17)19-12/h2-7H2,1H3,(H2,18,19)(H,21,23). The molecule has 9 heteroatoms. The first-order valence-corrected chi connectivity index (χ1v) is 8.45. The van der Waals surface area contributed by atoms with Crippen molar-refractivity contribution < 1.29 is 4.79 Å². The number of nitrogens with one attached hydrogen (secondary N) is 1. The number of pyridine rings is 1. The fourth-order valence-electron chi connectivity index (χ4n) is 2.33. The summed E-state index contributed by atoms with van der Waals surface area (Å²) in [5.41, 5.74) is 9.03. The van der Waals surface area contributed by atoms with Gasteiger partial charge in [0.15, 0.2) is 10.8 Å². The Morgan fingerprint density at radius 3 is 2.57 bits per heavy atom. The lowest BCUT2D eigenvalue weighted by molar-refractivity contribution is 0.0949. The Morgan fingerprint density at radius 2 is 1.96 bits per heavy atom. The fraction of sp³-hybridized carbons (Fsp3) is 0.500. The molecule has 2 heterocycles. The Morgan fingerprint density at radius 1 is 1.30 bits per heavy atom. The first-order valence-electron chi connectivity index (χ1n) is 7.32. The number of anilines is 1. The van der Waals surface area contributed by atoms with Crippen LogP contribution in [0.3, 0.4) is 0 Å². The summed E-state index contributed by atoms with van der Waals surface area (Å²) in [5.74, 6) is -0.566. The monoisotopic (exact) mass is 377 g/mol. The molecular weight excluding hydrogens is 361 g/mol. The Balaban J connectivity index is 2.02. The van der Waals surface area contributed by atoms with E-state index in [4.69, 9.17) is 40.5 Å². The lowest BCUT2D eigenvalue weighted by Crippen LogP contribution is -2.35. The van der Waals surface area contributed by atoms with E-state index in [1.807, 2.05) is 0 Å². The van der Waals surface area contributed by atoms with Gasteiger partial charge < -0.3 is 10.6 Å². The summed E-state index contributed by atoms with van der Waals surface area (Å²) in [7, 11) is 0. The number of nitrogens with two attached hydrogens (primary N) is 1. The predicted octanol–water partition coefficient (Wildman–Crippen LogP) is 3.22. The summed E-state index contributed by atoms with van der Waals surface area (Å²) in [6.07, 6.45) is 2.78. The van der Waals surface area contributed by atoms with Crippen LogP contribution in [0.25, 0.3) is 0 Å². The summed E-state index contributed by atoms with van der Waals surface area (Å²) in [6, 6.07) is 0. The molecule has 0 aliphatic carbocycles. The van der Waals surface area contributed by atoms with Gasteiger partial charge in [0, 0.05) is 31.6 Å². The molecule has 1 aromatic rings. The maximum absolute atomic E-state index is 12.2. The van der Waals surface area contributed by atoms with Crippen LogP contribution in [0, 0.1) is 0 Å². The molecule has 0 spiro atoms. The van der Waals surface area contributed by atoms with Gasteiger partial charge in [0.2, 0.25) is 0 Å². The number of carbonyl (C=O) groups excluding carboxylic acids is 1. The summed E-state index contributed by atoms with van der Waals surface area (Å²) in [6.45, 7) is 5.13. The topological polar surface area (TPSA) is 83.6 Å². The van der Waals surface area contributed by atoms with Gasteiger partial charge in [-0.25, -0.2) is 10.4 Å². The SMILES string of the molecule is CCCN1CCC(=NNC(=O)c2nc(Cl)c(Cl)c(N)c2Cl)CC1. The number of hydrogen-bond acceptors (Lipinski definition) is 5. The van der Waals surface area contributed by atoms with Crippen molar-refractivity contribution in [1.29, 1.82) is 0 Å². The third-order valence-electron chi connectivity index (χ3n) is 3.58. The molecular formula is C14H18Cl3N5O. The smallest absolute Gasteiger partial charge is 0.291 e. The number of halogens is 3. The number of rotatable bonds is 4. The Labute approximate surface area is 150 Å². The first kappa shape index (κ1) is 18.3. The van der Waals surface area contributed by atoms with Crippen LogP contribution in [0.1, 0.15) is 36.7 Å². The van der Waals surface area contributed by atoms with E-state index < -0.39 is 5.91 Å². The van der Waals surface area contributed by atoms with E-state index in [1.165, 1.54) is 0 Å². The molecule has 3 N–H and O–H groups in total. The quantitative estimate of drug-likeness (QED) is 0.622. The highest BCUT2D eigenvalue weighted by Gasteiger charge is 2.20. The van der Waals surface area contributed by atoms with Crippen molar-refractivity contribution in [3.05, 3.63) is 20.9 Å². The second-order valence-electron chi connectivity index (χ2n) is 5.25. The molecule has 0 bridgehead atoms. The van der Waals surface area contributed by atoms with Crippen molar-refractivity contribution in [2.24, 2.45) is 5.10 Å². The van der Waals surface area contributed by atoms with Crippen LogP contribution in [0.15, 0.2) is 5.10 Å². The average Bonchev–Trinajstić information content (AvgIpc) is 2.55. The van der Waals surface area contributed by atoms with Crippen LogP contribution in [0.5, 0.6) is 0 Å². The molecule has 1 aliphatic heterocycles. The summed E-state index contributed by atoms with van der Waals surface area (Å²) in [4.78, 5) is 18.4. The van der Waals surface area contributed by atoms with Gasteiger partial charge >= 0.3 is 0 Å². The van der Waals surface area contributed by atoms with Crippen LogP contribution >= 0.6 is 34.8 Å². The Bertz CT molecular complexity index is 625. The van der Waals surface area contributed by atoms with Crippen LogP contribution in [0.2, 0.25) is 15.2 Å². The molecule has 126 valence electrons. The van der Waals surface area contributed by atoms with Gasteiger partial charge in [-0.15, -0.1) is 0 Å². The normalized spacial score (nSPS) is 15.6. The van der Waals surface area contributed by atoms with E-state index in [0.29, 0.717) is 0 Å². The minimum absolute atomic E-state index is 0.0269. The number of hydrogen-bond donors (Lipinski definition) is 2. The minimum atomic E-state index is -0.566. The minimum Gasteiger partial charge on any atom is -0.396 e. The third-order valence-corrected chi connectivity index (χ3v) is 4.71. The number of nitrogens with zero attached hydrogens (tertiary/aromatic N) is 3. The van der Waals surface area contributed by atoms with Crippen LogP contribution < -0.4 is 11.2 Å². The van der Waals surface area contributed by atoms with Crippen molar-refractivity contribution in [3.63, 3.8) is 0 Å². The van der Waals surface area contributed by atoms with Gasteiger partial charge in [-0.05, 0) is 13.0 Å². The molecule has 0 saturated carbocycles. The van der Waals surface area contributed by atoms with Gasteiger partial charge in [0.1, 0.15) is 5.02 Å². The number of aromatic nitrogens is 1. The molecule has 6 nitrogen and oxygen atoms in total. The molecule has 1 amide bonds. The van der Waals surface area contributed by atoms with Gasteiger partial charge in [-0.3, -0.25) is 4.79 Å². The highest BCUT2D eigenvalue weighted by molar-refractivity contribution is 6.46. The van der Waals surface area contributed by atoms with Gasteiger partial charge in [-0.2, -0.15) is 5.10 Å². The van der Waals surface area contributed by atoms with Crippen molar-refractivity contribution in [3.8, 4) is 0 Å². The van der Waals surface area contributed by atoms with E-state index >= 15 is 0 Å². The maximum Gasteiger partial charge on any atom is 0.291 e. The number of piperidine rings is 1. The van der Waals surface area contributed by atoms with Crippen molar-refractivity contribution in [2.75, 3.05) is 25.4 Å².